The minimum absolute atomic E-state index is 0. The lowest BCUT2D eigenvalue weighted by Crippen LogP contribution is -2.28. The highest BCUT2D eigenvalue weighted by Crippen LogP contribution is 2.27. The van der Waals surface area contributed by atoms with E-state index in [1.807, 2.05) is 20.8 Å². The van der Waals surface area contributed by atoms with Crippen LogP contribution >= 0.6 is 12.4 Å². The van der Waals surface area contributed by atoms with Crippen LogP contribution in [0, 0.1) is 5.92 Å². The van der Waals surface area contributed by atoms with E-state index in [2.05, 4.69) is 0 Å². The molecule has 24 heavy (non-hydrogen) atoms. The second-order valence-corrected chi connectivity index (χ2v) is 8.03. The van der Waals surface area contributed by atoms with Crippen molar-refractivity contribution in [2.24, 2.45) is 11.7 Å². The molecule has 2 rings (SSSR count). The van der Waals surface area contributed by atoms with Crippen LogP contribution in [-0.4, -0.2) is 40.0 Å². The summed E-state index contributed by atoms with van der Waals surface area (Å²) in [5.41, 5.74) is 5.20. The number of esters is 1. The fourth-order valence-electron chi connectivity index (χ4n) is 3.07. The zero-order chi connectivity index (χ0) is 17.5. The molecule has 6 heteroatoms. The fraction of sp³-hybridized carbons (Fsp3) is 0.944. The number of rotatable bonds is 2. The smallest absolute Gasteiger partial charge is 0.306 e. The summed E-state index contributed by atoms with van der Waals surface area (Å²) < 4.78 is 5.27. The number of aliphatic hydroxyl groups excluding tert-OH is 2. The summed E-state index contributed by atoms with van der Waals surface area (Å²) >= 11 is 0. The highest BCUT2D eigenvalue weighted by atomic mass is 35.5. The van der Waals surface area contributed by atoms with Crippen LogP contribution in [0.15, 0.2) is 0 Å². The third-order valence-electron chi connectivity index (χ3n) is 4.43. The van der Waals surface area contributed by atoms with E-state index >= 15 is 0 Å². The Morgan fingerprint density at radius 2 is 1.38 bits per heavy atom. The first-order chi connectivity index (χ1) is 10.7. The van der Waals surface area contributed by atoms with E-state index in [1.165, 1.54) is 0 Å². The molecule has 2 saturated carbocycles. The minimum atomic E-state index is -0.384. The highest BCUT2D eigenvalue weighted by Gasteiger charge is 2.24. The second-order valence-electron chi connectivity index (χ2n) is 8.03. The molecule has 2 aliphatic carbocycles. The second kappa shape index (κ2) is 11.3. The van der Waals surface area contributed by atoms with Crippen LogP contribution in [0.3, 0.4) is 0 Å². The van der Waals surface area contributed by atoms with E-state index in [1.54, 1.807) is 0 Å². The number of ether oxygens (including phenoxy) is 1. The van der Waals surface area contributed by atoms with Crippen LogP contribution in [0.25, 0.3) is 0 Å². The summed E-state index contributed by atoms with van der Waals surface area (Å²) in [6, 6.07) is 0.360. The number of halogens is 1. The van der Waals surface area contributed by atoms with Crippen molar-refractivity contribution in [1.29, 1.82) is 0 Å². The van der Waals surface area contributed by atoms with Gasteiger partial charge in [-0.25, -0.2) is 0 Å². The van der Waals surface area contributed by atoms with E-state index in [4.69, 9.17) is 15.6 Å². The Labute approximate surface area is 152 Å². The maximum Gasteiger partial charge on any atom is 0.306 e. The molecular weight excluding hydrogens is 330 g/mol. The molecule has 0 spiro atoms. The van der Waals surface area contributed by atoms with E-state index in [9.17, 15) is 9.90 Å². The summed E-state index contributed by atoms with van der Waals surface area (Å²) in [6.07, 6.45) is 7.64. The molecule has 0 aromatic rings. The average Bonchev–Trinajstić information content (AvgIpc) is 2.43. The molecule has 0 amide bonds. The summed E-state index contributed by atoms with van der Waals surface area (Å²) in [7, 11) is 0. The molecule has 144 valence electrons. The summed E-state index contributed by atoms with van der Waals surface area (Å²) in [4.78, 5) is 11.5. The highest BCUT2D eigenvalue weighted by molar-refractivity contribution is 5.85. The molecule has 0 radical (unpaired) electrons. The molecule has 0 saturated heterocycles. The van der Waals surface area contributed by atoms with Gasteiger partial charge in [-0.2, -0.15) is 0 Å². The van der Waals surface area contributed by atoms with Gasteiger partial charge < -0.3 is 20.7 Å². The van der Waals surface area contributed by atoms with Crippen molar-refractivity contribution >= 4 is 18.4 Å². The largest absolute Gasteiger partial charge is 0.460 e. The zero-order valence-corrected chi connectivity index (χ0v) is 16.2. The Morgan fingerprint density at radius 3 is 1.75 bits per heavy atom. The lowest BCUT2D eigenvalue weighted by Gasteiger charge is -2.26. The van der Waals surface area contributed by atoms with E-state index < -0.39 is 0 Å². The number of aliphatic hydroxyl groups is 2. The van der Waals surface area contributed by atoms with Gasteiger partial charge in [0.1, 0.15) is 5.60 Å². The minimum Gasteiger partial charge on any atom is -0.460 e. The number of nitrogens with two attached hydrogens (primary N) is 1. The van der Waals surface area contributed by atoms with Gasteiger partial charge in [0, 0.05) is 12.5 Å². The van der Waals surface area contributed by atoms with Gasteiger partial charge in [-0.05, 0) is 78.1 Å². The molecule has 2 aliphatic rings. The van der Waals surface area contributed by atoms with Crippen LogP contribution in [0.2, 0.25) is 0 Å². The van der Waals surface area contributed by atoms with Crippen molar-refractivity contribution in [3.63, 3.8) is 0 Å². The van der Waals surface area contributed by atoms with Gasteiger partial charge in [0.2, 0.25) is 0 Å². The number of carbonyl (C=O) groups is 1. The Bertz CT molecular complexity index is 333. The SMILES string of the molecule is CC(C)(C)OC(=O)CC1CCC(O)CC1.Cl.NC1CCC(O)CC1. The zero-order valence-electron chi connectivity index (χ0n) is 15.4. The van der Waals surface area contributed by atoms with Gasteiger partial charge in [-0.1, -0.05) is 0 Å². The molecule has 0 aromatic heterocycles. The molecule has 0 atom stereocenters. The molecule has 5 nitrogen and oxygen atoms in total. The van der Waals surface area contributed by atoms with Gasteiger partial charge in [-0.3, -0.25) is 4.79 Å². The lowest BCUT2D eigenvalue weighted by molar-refractivity contribution is -0.156. The average molecular weight is 366 g/mol. The molecule has 0 aliphatic heterocycles. The first-order valence-electron chi connectivity index (χ1n) is 8.99. The molecule has 4 N–H and O–H groups in total. The molecule has 0 unspecified atom stereocenters. The topological polar surface area (TPSA) is 92.8 Å². The normalized spacial score (nSPS) is 30.4. The maximum absolute atomic E-state index is 11.5. The Balaban J connectivity index is 0.000000498. The first kappa shape index (κ1) is 23.6. The lowest BCUT2D eigenvalue weighted by atomic mass is 9.85. The van der Waals surface area contributed by atoms with Gasteiger partial charge in [-0.15, -0.1) is 12.4 Å². The van der Waals surface area contributed by atoms with Crippen LogP contribution in [0.5, 0.6) is 0 Å². The third kappa shape index (κ3) is 11.2. The maximum atomic E-state index is 11.5. The van der Waals surface area contributed by atoms with Crippen LogP contribution in [0.1, 0.15) is 78.6 Å². The Kier molecular flexibility index (Phi) is 11.1. The van der Waals surface area contributed by atoms with Gasteiger partial charge in [0.15, 0.2) is 0 Å². The van der Waals surface area contributed by atoms with Crippen molar-refractivity contribution < 1.29 is 19.7 Å². The summed E-state index contributed by atoms with van der Waals surface area (Å²) in [6.45, 7) is 5.65. The van der Waals surface area contributed by atoms with Crippen molar-refractivity contribution in [2.75, 3.05) is 0 Å². The predicted molar refractivity (Wildman–Crippen MR) is 98.1 cm³/mol. The Hall–Kier alpha value is -0.360. The van der Waals surface area contributed by atoms with Crippen molar-refractivity contribution in [2.45, 2.75) is 102 Å². The van der Waals surface area contributed by atoms with Crippen LogP contribution < -0.4 is 5.73 Å². The third-order valence-corrected chi connectivity index (χ3v) is 4.43. The predicted octanol–water partition coefficient (Wildman–Crippen LogP) is 2.94. The Morgan fingerprint density at radius 1 is 0.958 bits per heavy atom. The first-order valence-corrected chi connectivity index (χ1v) is 8.99. The van der Waals surface area contributed by atoms with Gasteiger partial charge >= 0.3 is 5.97 Å². The quantitative estimate of drug-likeness (QED) is 0.654. The number of carbonyl (C=O) groups excluding carboxylic acids is 1. The van der Waals surface area contributed by atoms with Crippen molar-refractivity contribution in [3.05, 3.63) is 0 Å². The molecule has 0 aromatic carbocycles. The molecular formula is C18H36ClNO4. The van der Waals surface area contributed by atoms with Crippen LogP contribution in [0.4, 0.5) is 0 Å². The number of hydrogen-bond donors (Lipinski definition) is 3. The van der Waals surface area contributed by atoms with Gasteiger partial charge in [0.25, 0.3) is 0 Å². The summed E-state index contributed by atoms with van der Waals surface area (Å²) in [5.74, 6) is 0.298. The number of hydrogen-bond acceptors (Lipinski definition) is 5. The van der Waals surface area contributed by atoms with Gasteiger partial charge in [0.05, 0.1) is 12.2 Å². The molecule has 2 fully saturated rings. The van der Waals surface area contributed by atoms with E-state index in [-0.39, 0.29) is 36.2 Å². The molecule has 0 bridgehead atoms. The summed E-state index contributed by atoms with van der Waals surface area (Å²) in [5, 5.41) is 18.3. The standard InChI is InChI=1S/C12H22O3.C6H13NO.ClH/c1-12(2,3)15-11(14)8-9-4-6-10(13)7-5-9;7-5-1-3-6(8)4-2-5;/h9-10,13H,4-8H2,1-3H3;5-6,8H,1-4,7H2;1H. The molecule has 0 heterocycles. The fourth-order valence-corrected chi connectivity index (χ4v) is 3.07. The van der Waals surface area contributed by atoms with Crippen LogP contribution in [-0.2, 0) is 9.53 Å². The van der Waals surface area contributed by atoms with Crippen molar-refractivity contribution in [1.82, 2.24) is 0 Å². The van der Waals surface area contributed by atoms with E-state index in [0.29, 0.717) is 18.4 Å². The monoisotopic (exact) mass is 365 g/mol. The van der Waals surface area contributed by atoms with Crippen molar-refractivity contribution in [3.8, 4) is 0 Å². The van der Waals surface area contributed by atoms with E-state index in [0.717, 1.165) is 51.4 Å².